The number of halogens is 4. The van der Waals surface area contributed by atoms with Gasteiger partial charge in [-0.15, -0.1) is 0 Å². The Bertz CT molecular complexity index is 943. The molecule has 144 valence electrons. The molecule has 2 aromatic carbocycles. The number of rotatable bonds is 6. The van der Waals surface area contributed by atoms with E-state index in [1.165, 1.54) is 19.2 Å². The first-order valence-corrected chi connectivity index (χ1v) is 8.96. The molecule has 0 bridgehead atoms. The van der Waals surface area contributed by atoms with Gasteiger partial charge in [-0.3, -0.25) is 4.79 Å². The van der Waals surface area contributed by atoms with Gasteiger partial charge in [0, 0.05) is 23.2 Å². The summed E-state index contributed by atoms with van der Waals surface area (Å²) >= 11 is 5.84. The van der Waals surface area contributed by atoms with Gasteiger partial charge in [0.2, 0.25) is 6.41 Å². The van der Waals surface area contributed by atoms with Crippen LogP contribution in [0.15, 0.2) is 53.6 Å². The summed E-state index contributed by atoms with van der Waals surface area (Å²) in [6, 6.07) is 11.2. The van der Waals surface area contributed by atoms with E-state index < -0.39 is 21.4 Å². The predicted molar refractivity (Wildman–Crippen MR) is 93.0 cm³/mol. The highest BCUT2D eigenvalue weighted by atomic mass is 35.5. The van der Waals surface area contributed by atoms with Gasteiger partial charge in [-0.2, -0.15) is 26.7 Å². The van der Waals surface area contributed by atoms with Gasteiger partial charge in [-0.25, -0.2) is 5.01 Å². The number of alkyl halides is 3. The lowest BCUT2D eigenvalue weighted by Crippen LogP contribution is -2.28. The molecule has 11 heteroatoms. The monoisotopic (exact) mass is 420 g/mol. The Morgan fingerprint density at radius 1 is 1.07 bits per heavy atom. The average molecular weight is 421 g/mol. The first-order valence-electron chi connectivity index (χ1n) is 7.17. The summed E-state index contributed by atoms with van der Waals surface area (Å²) in [5.41, 5.74) is -4.24. The van der Waals surface area contributed by atoms with Crippen LogP contribution in [0.3, 0.4) is 0 Å². The molecule has 6 nitrogen and oxygen atoms in total. The van der Waals surface area contributed by atoms with E-state index in [9.17, 15) is 26.4 Å². The Morgan fingerprint density at radius 2 is 1.56 bits per heavy atom. The molecular weight excluding hydrogens is 409 g/mol. The number of hydrazone groups is 1. The normalized spacial score (nSPS) is 12.6. The molecule has 0 aliphatic carbocycles. The average Bonchev–Trinajstić information content (AvgIpc) is 2.60. The summed E-state index contributed by atoms with van der Waals surface area (Å²) in [5, 5.41) is 5.59. The molecule has 0 radical (unpaired) electrons. The Labute approximate surface area is 157 Å². The van der Waals surface area contributed by atoms with Crippen LogP contribution < -0.4 is 4.18 Å². The Hall–Kier alpha value is -2.59. The van der Waals surface area contributed by atoms with E-state index in [-0.39, 0.29) is 0 Å². The molecule has 0 saturated carbocycles. The number of carbonyl (C=O) groups excluding carboxylic acids is 1. The number of amides is 1. The van der Waals surface area contributed by atoms with Crippen molar-refractivity contribution in [2.45, 2.75) is 5.51 Å². The third-order valence-electron chi connectivity index (χ3n) is 3.15. The number of hydrogen-bond acceptors (Lipinski definition) is 5. The lowest BCUT2D eigenvalue weighted by molar-refractivity contribution is -0.117. The lowest BCUT2D eigenvalue weighted by atomic mass is 10.0. The number of hydrogen-bond donors (Lipinski definition) is 0. The van der Waals surface area contributed by atoms with Crippen LogP contribution in [0.4, 0.5) is 13.2 Å². The fourth-order valence-electron chi connectivity index (χ4n) is 1.91. The van der Waals surface area contributed by atoms with Crippen molar-refractivity contribution < 1.29 is 30.6 Å². The molecule has 0 fully saturated rings. The Kier molecular flexibility index (Phi) is 6.11. The maximum Gasteiger partial charge on any atom is 0.534 e. The van der Waals surface area contributed by atoms with E-state index in [0.717, 1.165) is 17.1 Å². The van der Waals surface area contributed by atoms with E-state index in [4.69, 9.17) is 11.6 Å². The van der Waals surface area contributed by atoms with Crippen molar-refractivity contribution in [3.63, 3.8) is 0 Å². The summed E-state index contributed by atoms with van der Waals surface area (Å²) in [5.74, 6) is -0.518. The first kappa shape index (κ1) is 20.7. The van der Waals surface area contributed by atoms with E-state index >= 15 is 0 Å². The van der Waals surface area contributed by atoms with Crippen molar-refractivity contribution in [2.24, 2.45) is 5.10 Å². The van der Waals surface area contributed by atoms with Crippen LogP contribution in [-0.4, -0.2) is 38.1 Å². The molecule has 0 spiro atoms. The van der Waals surface area contributed by atoms with Crippen molar-refractivity contribution in [1.82, 2.24) is 5.01 Å². The molecule has 0 aromatic heterocycles. The van der Waals surface area contributed by atoms with Crippen molar-refractivity contribution in [2.75, 3.05) is 7.05 Å². The summed E-state index contributed by atoms with van der Waals surface area (Å²) in [6.07, 6.45) is 0.462. The van der Waals surface area contributed by atoms with Crippen LogP contribution in [0, 0.1) is 0 Å². The van der Waals surface area contributed by atoms with Crippen molar-refractivity contribution in [3.8, 4) is 5.75 Å². The largest absolute Gasteiger partial charge is 0.534 e. The van der Waals surface area contributed by atoms with Crippen molar-refractivity contribution >= 4 is 33.8 Å². The minimum Gasteiger partial charge on any atom is -0.376 e. The highest BCUT2D eigenvalue weighted by molar-refractivity contribution is 7.88. The minimum absolute atomic E-state index is 0.312. The zero-order chi connectivity index (χ0) is 20.2. The maximum absolute atomic E-state index is 12.4. The molecule has 2 aromatic rings. The van der Waals surface area contributed by atoms with E-state index in [1.54, 1.807) is 24.3 Å². The third kappa shape index (κ3) is 5.20. The molecule has 0 aliphatic rings. The molecule has 1 amide bonds. The van der Waals surface area contributed by atoms with Crippen molar-refractivity contribution in [3.05, 3.63) is 64.7 Å². The van der Waals surface area contributed by atoms with Gasteiger partial charge >= 0.3 is 15.6 Å². The quantitative estimate of drug-likeness (QED) is 0.236. The van der Waals surface area contributed by atoms with Gasteiger partial charge in [0.05, 0.1) is 5.71 Å². The SMILES string of the molecule is CN(C=O)N=C(c1ccc(Cl)cc1)c1ccc(OS(=O)(=O)C(F)(F)F)cc1. The molecule has 0 N–H and O–H groups in total. The van der Waals surface area contributed by atoms with Crippen molar-refractivity contribution in [1.29, 1.82) is 0 Å². The molecule has 0 atom stereocenters. The van der Waals surface area contributed by atoms with Gasteiger partial charge < -0.3 is 4.18 Å². The van der Waals surface area contributed by atoms with Crippen LogP contribution >= 0.6 is 11.6 Å². The fourth-order valence-corrected chi connectivity index (χ4v) is 2.50. The lowest BCUT2D eigenvalue weighted by Gasteiger charge is -2.12. The second-order valence-electron chi connectivity index (χ2n) is 5.14. The predicted octanol–water partition coefficient (Wildman–Crippen LogP) is 3.41. The Balaban J connectivity index is 2.39. The van der Waals surface area contributed by atoms with Crippen LogP contribution in [-0.2, 0) is 14.9 Å². The first-order chi connectivity index (χ1) is 12.5. The topological polar surface area (TPSA) is 76.0 Å². The van der Waals surface area contributed by atoms with Crippen LogP contribution in [0.25, 0.3) is 0 Å². The van der Waals surface area contributed by atoms with Gasteiger partial charge in [0.1, 0.15) is 5.75 Å². The van der Waals surface area contributed by atoms with Gasteiger partial charge in [0.25, 0.3) is 0 Å². The summed E-state index contributed by atoms with van der Waals surface area (Å²) < 4.78 is 63.3. The van der Waals surface area contributed by atoms with Crippen LogP contribution in [0.5, 0.6) is 5.75 Å². The zero-order valence-corrected chi connectivity index (χ0v) is 15.2. The third-order valence-corrected chi connectivity index (χ3v) is 4.38. The van der Waals surface area contributed by atoms with Gasteiger partial charge in [0.15, 0.2) is 0 Å². The molecule has 0 aliphatic heterocycles. The standard InChI is InChI=1S/C16H12ClF3N2O4S/c1-22(10-23)21-15(11-2-6-13(17)7-3-11)12-4-8-14(9-5-12)26-27(24,25)16(18,19)20/h2-10H,1H3. The van der Waals surface area contributed by atoms with Crippen LogP contribution in [0.2, 0.25) is 5.02 Å². The summed E-state index contributed by atoms with van der Waals surface area (Å²) in [4.78, 5) is 10.9. The fraction of sp³-hybridized carbons (Fsp3) is 0.125. The highest BCUT2D eigenvalue weighted by Crippen LogP contribution is 2.27. The molecule has 27 heavy (non-hydrogen) atoms. The van der Waals surface area contributed by atoms with Crippen LogP contribution in [0.1, 0.15) is 11.1 Å². The molecule has 0 heterocycles. The summed E-state index contributed by atoms with van der Waals surface area (Å²) in [6.45, 7) is 0. The Morgan fingerprint density at radius 3 is 2.00 bits per heavy atom. The summed E-state index contributed by atoms with van der Waals surface area (Å²) in [7, 11) is -4.36. The van der Waals surface area contributed by atoms with E-state index in [1.807, 2.05) is 0 Å². The number of carbonyl (C=O) groups is 1. The molecule has 0 unspecified atom stereocenters. The zero-order valence-electron chi connectivity index (χ0n) is 13.6. The highest BCUT2D eigenvalue weighted by Gasteiger charge is 2.48. The number of benzene rings is 2. The van der Waals surface area contributed by atoms with Gasteiger partial charge in [-0.1, -0.05) is 23.7 Å². The molecule has 0 saturated heterocycles. The minimum atomic E-state index is -5.76. The molecule has 2 rings (SSSR count). The van der Waals surface area contributed by atoms with E-state index in [0.29, 0.717) is 28.3 Å². The van der Waals surface area contributed by atoms with E-state index in [2.05, 4.69) is 9.28 Å². The maximum atomic E-state index is 12.4. The second kappa shape index (κ2) is 7.97. The second-order valence-corrected chi connectivity index (χ2v) is 7.12. The van der Waals surface area contributed by atoms with Gasteiger partial charge in [-0.05, 0) is 36.4 Å². The smallest absolute Gasteiger partial charge is 0.376 e. The number of nitrogens with zero attached hydrogens (tertiary/aromatic N) is 2. The molecular formula is C16H12ClF3N2O4S.